The number of aryl methyl sites for hydroxylation is 1. The van der Waals surface area contributed by atoms with Crippen LogP contribution in [-0.2, 0) is 26.4 Å². The summed E-state index contributed by atoms with van der Waals surface area (Å²) in [4.78, 5) is 42.0. The molecule has 0 spiro atoms. The van der Waals surface area contributed by atoms with Gasteiger partial charge in [0.1, 0.15) is 33.0 Å². The molecule has 3 atom stereocenters. The second-order valence-corrected chi connectivity index (χ2v) is 12.6. The molecular formula is C29H28F3N5O7S. The summed E-state index contributed by atoms with van der Waals surface area (Å²) in [5, 5.41) is 18.9. The molecule has 1 aliphatic carbocycles. The van der Waals surface area contributed by atoms with Crippen LogP contribution in [-0.4, -0.2) is 60.1 Å². The third kappa shape index (κ3) is 5.13. The fourth-order valence-electron chi connectivity index (χ4n) is 6.54. The number of halogens is 3. The topological polar surface area (TPSA) is 140 Å². The van der Waals surface area contributed by atoms with Crippen LogP contribution in [0.5, 0.6) is 5.75 Å². The molecule has 45 heavy (non-hydrogen) atoms. The van der Waals surface area contributed by atoms with Crippen LogP contribution < -0.4 is 16.0 Å². The van der Waals surface area contributed by atoms with Gasteiger partial charge in [0.05, 0.1) is 42.6 Å². The van der Waals surface area contributed by atoms with E-state index >= 15 is 0 Å². The average molecular weight is 648 g/mol. The van der Waals surface area contributed by atoms with Gasteiger partial charge in [0.15, 0.2) is 0 Å². The Hall–Kier alpha value is -4.02. The molecule has 0 radical (unpaired) electrons. The zero-order valence-electron chi connectivity index (χ0n) is 23.9. The number of rotatable bonds is 10. The fourth-order valence-corrected chi connectivity index (χ4v) is 7.76. The summed E-state index contributed by atoms with van der Waals surface area (Å²) in [6, 6.07) is 3.07. The third-order valence-electron chi connectivity index (χ3n) is 8.82. The Balaban J connectivity index is 1.42. The lowest BCUT2D eigenvalue weighted by Crippen LogP contribution is -2.49. The number of fused-ring (bicyclic) bond motifs is 3. The number of aromatic nitrogens is 5. The molecule has 1 saturated carbocycles. The van der Waals surface area contributed by atoms with E-state index in [1.165, 1.54) is 21.8 Å². The molecule has 1 N–H and O–H groups in total. The molecule has 3 fully saturated rings. The monoisotopic (exact) mass is 647 g/mol. The molecule has 238 valence electrons. The molecular weight excluding hydrogens is 619 g/mol. The van der Waals surface area contributed by atoms with Gasteiger partial charge in [0.2, 0.25) is 0 Å². The van der Waals surface area contributed by atoms with Crippen LogP contribution in [0.3, 0.4) is 0 Å². The molecule has 2 aliphatic heterocycles. The number of carbonyl (C=O) groups is 1. The number of carboxylic acid groups (broad SMARTS) is 1. The zero-order valence-corrected chi connectivity index (χ0v) is 24.7. The van der Waals surface area contributed by atoms with Crippen molar-refractivity contribution in [2.75, 3.05) is 0 Å². The van der Waals surface area contributed by atoms with E-state index in [9.17, 15) is 32.7 Å². The number of ether oxygens (including phenoxy) is 3. The quantitative estimate of drug-likeness (QED) is 0.272. The molecule has 2 bridgehead atoms. The summed E-state index contributed by atoms with van der Waals surface area (Å²) in [6.07, 6.45) is 4.00. The molecule has 3 aromatic heterocycles. The van der Waals surface area contributed by atoms with Crippen molar-refractivity contribution in [1.29, 1.82) is 0 Å². The highest BCUT2D eigenvalue weighted by Crippen LogP contribution is 2.43. The van der Waals surface area contributed by atoms with Crippen LogP contribution >= 0.6 is 11.3 Å². The van der Waals surface area contributed by atoms with Gasteiger partial charge < -0.3 is 19.3 Å². The zero-order chi connectivity index (χ0) is 31.6. The molecule has 16 heteroatoms. The number of nitrogens with zero attached hydrogens (tertiary/aromatic N) is 5. The van der Waals surface area contributed by atoms with Crippen molar-refractivity contribution in [2.45, 2.75) is 88.6 Å². The van der Waals surface area contributed by atoms with E-state index in [1.54, 1.807) is 6.92 Å². The average Bonchev–Trinajstić information content (AvgIpc) is 3.28. The number of aliphatic carboxylic acids is 1. The minimum atomic E-state index is -3.22. The van der Waals surface area contributed by atoms with E-state index in [0.717, 1.165) is 46.9 Å². The highest BCUT2D eigenvalue weighted by molar-refractivity contribution is 7.21. The van der Waals surface area contributed by atoms with Crippen molar-refractivity contribution in [2.24, 2.45) is 0 Å². The minimum absolute atomic E-state index is 0.0515. The maximum atomic E-state index is 14.7. The SMILES string of the molecule is Cc1c(-n2nccn2)sc2c1c(=O)n(C1(C(=O)O)CC1)c(=O)n2C[C@H](OC1C[C@H]2CC[C@H](C1)O2)c1cc(F)ccc1OC(F)F. The third-order valence-corrected chi connectivity index (χ3v) is 10.1. The highest BCUT2D eigenvalue weighted by Gasteiger charge is 2.55. The van der Waals surface area contributed by atoms with Gasteiger partial charge in [0, 0.05) is 11.1 Å². The molecule has 0 amide bonds. The van der Waals surface area contributed by atoms with Gasteiger partial charge in [-0.25, -0.2) is 18.5 Å². The molecule has 7 rings (SSSR count). The standard InChI is InChI=1S/C29H28F3N5O7S/c1-14-22-23(38)36(29(6-7-29)26(39)40)28(41)35(25(22)45-24(14)37-33-8-9-34-37)13-21(43-18-11-16-3-4-17(12-18)42-16)19-10-15(30)2-5-20(19)44-27(31)32/h2,5,8-10,16-18,21,27H,3-4,6-7,11-13H2,1H3,(H,39,40)/t16-,17-,21+/m1/s1. The van der Waals surface area contributed by atoms with Gasteiger partial charge in [-0.2, -0.15) is 19.0 Å². The van der Waals surface area contributed by atoms with E-state index in [-0.39, 0.29) is 53.1 Å². The Labute approximate surface area is 256 Å². The predicted molar refractivity (Wildman–Crippen MR) is 153 cm³/mol. The van der Waals surface area contributed by atoms with Crippen LogP contribution in [0.4, 0.5) is 13.2 Å². The van der Waals surface area contributed by atoms with E-state index in [4.69, 9.17) is 14.2 Å². The Morgan fingerprint density at radius 3 is 2.49 bits per heavy atom. The lowest BCUT2D eigenvalue weighted by Gasteiger charge is -2.32. The Morgan fingerprint density at radius 1 is 1.18 bits per heavy atom. The number of benzene rings is 1. The summed E-state index contributed by atoms with van der Waals surface area (Å²) in [7, 11) is 0. The molecule has 3 aliphatic rings. The first-order valence-electron chi connectivity index (χ1n) is 14.5. The van der Waals surface area contributed by atoms with Crippen LogP contribution in [0, 0.1) is 12.7 Å². The second kappa shape index (κ2) is 11.1. The van der Waals surface area contributed by atoms with Crippen molar-refractivity contribution in [3.05, 3.63) is 68.4 Å². The highest BCUT2D eigenvalue weighted by atomic mass is 32.1. The maximum absolute atomic E-state index is 14.7. The lowest BCUT2D eigenvalue weighted by molar-refractivity contribution is -0.142. The lowest BCUT2D eigenvalue weighted by atomic mass is 10.0. The van der Waals surface area contributed by atoms with Gasteiger partial charge in [-0.1, -0.05) is 11.3 Å². The Kier molecular flexibility index (Phi) is 7.32. The van der Waals surface area contributed by atoms with Gasteiger partial charge in [-0.15, -0.1) is 4.80 Å². The molecule has 5 heterocycles. The van der Waals surface area contributed by atoms with Crippen molar-refractivity contribution in [3.63, 3.8) is 0 Å². The first-order chi connectivity index (χ1) is 21.6. The number of hydrogen-bond acceptors (Lipinski definition) is 9. The van der Waals surface area contributed by atoms with E-state index in [0.29, 0.717) is 23.4 Å². The van der Waals surface area contributed by atoms with Crippen molar-refractivity contribution in [1.82, 2.24) is 24.1 Å². The van der Waals surface area contributed by atoms with Gasteiger partial charge >= 0.3 is 18.3 Å². The van der Waals surface area contributed by atoms with Crippen LogP contribution in [0.25, 0.3) is 15.2 Å². The maximum Gasteiger partial charge on any atom is 0.387 e. The fraction of sp³-hybridized carbons (Fsp3) is 0.483. The molecule has 2 saturated heterocycles. The first-order valence-corrected chi connectivity index (χ1v) is 15.3. The van der Waals surface area contributed by atoms with E-state index < -0.39 is 47.4 Å². The molecule has 0 unspecified atom stereocenters. The minimum Gasteiger partial charge on any atom is -0.479 e. The molecule has 1 aromatic carbocycles. The Morgan fingerprint density at radius 2 is 1.87 bits per heavy atom. The smallest absolute Gasteiger partial charge is 0.387 e. The largest absolute Gasteiger partial charge is 0.479 e. The van der Waals surface area contributed by atoms with Crippen LogP contribution in [0.2, 0.25) is 0 Å². The van der Waals surface area contributed by atoms with E-state index in [2.05, 4.69) is 10.2 Å². The van der Waals surface area contributed by atoms with Crippen molar-refractivity contribution >= 4 is 27.5 Å². The van der Waals surface area contributed by atoms with E-state index in [1.807, 2.05) is 0 Å². The summed E-state index contributed by atoms with van der Waals surface area (Å²) in [5.41, 5.74) is -3.06. The number of carboxylic acids is 1. The summed E-state index contributed by atoms with van der Waals surface area (Å²) >= 11 is 1.04. The predicted octanol–water partition coefficient (Wildman–Crippen LogP) is 3.90. The summed E-state index contributed by atoms with van der Waals surface area (Å²) < 4.78 is 60.8. The number of alkyl halides is 2. The van der Waals surface area contributed by atoms with Gasteiger partial charge in [-0.3, -0.25) is 9.36 Å². The molecule has 12 nitrogen and oxygen atoms in total. The van der Waals surface area contributed by atoms with Crippen molar-refractivity contribution < 1.29 is 37.3 Å². The first kappa shape index (κ1) is 29.7. The van der Waals surface area contributed by atoms with Crippen LogP contribution in [0.15, 0.2) is 40.2 Å². The second-order valence-electron chi connectivity index (χ2n) is 11.6. The van der Waals surface area contributed by atoms with Crippen LogP contribution in [0.1, 0.15) is 55.8 Å². The number of hydrogen-bond donors (Lipinski definition) is 1. The van der Waals surface area contributed by atoms with Gasteiger partial charge in [0.25, 0.3) is 5.56 Å². The summed E-state index contributed by atoms with van der Waals surface area (Å²) in [5.74, 6) is -2.40. The summed E-state index contributed by atoms with van der Waals surface area (Å²) in [6.45, 7) is -1.95. The van der Waals surface area contributed by atoms with Gasteiger partial charge in [-0.05, 0) is 63.6 Å². The van der Waals surface area contributed by atoms with Crippen molar-refractivity contribution in [3.8, 4) is 10.8 Å². The normalized spacial score (nSPS) is 22.6. The number of thiophene rings is 1. The Bertz CT molecular complexity index is 1890. The molecule has 4 aromatic rings.